The molecule has 8 nitrogen and oxygen atoms in total. The summed E-state index contributed by atoms with van der Waals surface area (Å²) in [6.45, 7) is -1.22. The van der Waals surface area contributed by atoms with Crippen LogP contribution in [0.1, 0.15) is 21.6 Å². The van der Waals surface area contributed by atoms with Gasteiger partial charge in [0.2, 0.25) is 0 Å². The lowest BCUT2D eigenvalue weighted by molar-refractivity contribution is -0.142. The number of benzene rings is 3. The monoisotopic (exact) mass is 513 g/mol. The second-order valence-electron chi connectivity index (χ2n) is 7.99. The molecule has 0 saturated heterocycles. The smallest absolute Gasteiger partial charge is 0.387 e. The molecule has 3 aromatic carbocycles. The average molecular weight is 513 g/mol. The number of rotatable bonds is 9. The highest BCUT2D eigenvalue weighted by Crippen LogP contribution is 2.25. The first-order chi connectivity index (χ1) is 17.7. The molecule has 1 aromatic heterocycles. The number of alkyl halides is 2. The molecule has 0 bridgehead atoms. The Morgan fingerprint density at radius 1 is 1.05 bits per heavy atom. The topological polar surface area (TPSA) is 91.7 Å². The summed E-state index contributed by atoms with van der Waals surface area (Å²) in [7, 11) is 1.26. The molecule has 0 atom stereocenters. The molecule has 0 aliphatic rings. The summed E-state index contributed by atoms with van der Waals surface area (Å²) in [5, 5.41) is 7.46. The summed E-state index contributed by atoms with van der Waals surface area (Å²) in [4.78, 5) is 24.4. The Hall–Kier alpha value is -4.54. The number of anilines is 1. The van der Waals surface area contributed by atoms with Crippen LogP contribution in [0.15, 0.2) is 60.7 Å². The maximum Gasteiger partial charge on any atom is 0.387 e. The Labute approximate surface area is 209 Å². The maximum absolute atomic E-state index is 14.1. The van der Waals surface area contributed by atoms with Crippen molar-refractivity contribution in [2.45, 2.75) is 20.1 Å². The predicted molar refractivity (Wildman–Crippen MR) is 129 cm³/mol. The Balaban J connectivity index is 1.56. The molecule has 4 aromatic rings. The van der Waals surface area contributed by atoms with E-state index in [0.29, 0.717) is 33.5 Å². The number of nitrogens with one attached hydrogen (secondary N) is 1. The van der Waals surface area contributed by atoms with Crippen molar-refractivity contribution in [1.82, 2.24) is 9.78 Å². The average Bonchev–Trinajstić information content (AvgIpc) is 3.21. The maximum atomic E-state index is 14.1. The van der Waals surface area contributed by atoms with Crippen LogP contribution in [-0.4, -0.2) is 42.0 Å². The van der Waals surface area contributed by atoms with Crippen molar-refractivity contribution in [3.63, 3.8) is 0 Å². The first-order valence-electron chi connectivity index (χ1n) is 11.0. The third-order valence-electron chi connectivity index (χ3n) is 5.41. The van der Waals surface area contributed by atoms with Crippen molar-refractivity contribution in [3.05, 3.63) is 83.3 Å². The van der Waals surface area contributed by atoms with Gasteiger partial charge in [0.25, 0.3) is 5.91 Å². The Bertz CT molecular complexity index is 1440. The number of fused-ring (bicyclic) bond motifs is 1. The Kier molecular flexibility index (Phi) is 7.61. The highest BCUT2D eigenvalue weighted by atomic mass is 19.3. The van der Waals surface area contributed by atoms with E-state index in [9.17, 15) is 22.8 Å². The predicted octanol–water partition coefficient (Wildman–Crippen LogP) is 4.94. The molecule has 0 unspecified atom stereocenters. The third-order valence-corrected chi connectivity index (χ3v) is 5.41. The highest BCUT2D eigenvalue weighted by Gasteiger charge is 2.19. The molecule has 0 spiro atoms. The van der Waals surface area contributed by atoms with Gasteiger partial charge in [-0.1, -0.05) is 12.1 Å². The number of esters is 1. The number of ether oxygens (including phenoxy) is 3. The van der Waals surface area contributed by atoms with Gasteiger partial charge in [-0.3, -0.25) is 9.48 Å². The van der Waals surface area contributed by atoms with E-state index in [0.717, 1.165) is 0 Å². The fourth-order valence-corrected chi connectivity index (χ4v) is 3.66. The van der Waals surface area contributed by atoms with Gasteiger partial charge < -0.3 is 19.5 Å². The second kappa shape index (κ2) is 11.0. The fraction of sp³-hybridized carbons (Fsp3) is 0.192. The van der Waals surface area contributed by atoms with E-state index in [1.165, 1.54) is 42.1 Å². The number of methoxy groups -OCH3 is 1. The molecule has 0 radical (unpaired) electrons. The van der Waals surface area contributed by atoms with Gasteiger partial charge >= 0.3 is 12.6 Å². The lowest BCUT2D eigenvalue weighted by Crippen LogP contribution is -2.15. The molecular formula is C26H22F3N3O5. The minimum absolute atomic E-state index is 0.0100. The normalized spacial score (nSPS) is 11.0. The van der Waals surface area contributed by atoms with E-state index >= 15 is 0 Å². The zero-order valence-electron chi connectivity index (χ0n) is 19.8. The second-order valence-corrected chi connectivity index (χ2v) is 7.99. The van der Waals surface area contributed by atoms with E-state index in [2.05, 4.69) is 19.9 Å². The van der Waals surface area contributed by atoms with E-state index in [-0.39, 0.29) is 24.6 Å². The van der Waals surface area contributed by atoms with E-state index in [4.69, 9.17) is 4.74 Å². The lowest BCUT2D eigenvalue weighted by Gasteiger charge is -2.10. The molecule has 0 fully saturated rings. The fourth-order valence-electron chi connectivity index (χ4n) is 3.66. The summed E-state index contributed by atoms with van der Waals surface area (Å²) >= 11 is 0. The van der Waals surface area contributed by atoms with Crippen molar-refractivity contribution >= 4 is 28.5 Å². The number of halogens is 3. The molecule has 0 saturated carbocycles. The molecule has 37 heavy (non-hydrogen) atoms. The van der Waals surface area contributed by atoms with Crippen molar-refractivity contribution in [2.75, 3.05) is 19.0 Å². The van der Waals surface area contributed by atoms with Crippen LogP contribution in [0.25, 0.3) is 10.9 Å². The Morgan fingerprint density at radius 3 is 2.49 bits per heavy atom. The van der Waals surface area contributed by atoms with E-state index in [1.54, 1.807) is 37.3 Å². The molecule has 1 N–H and O–H groups in total. The molecule has 0 aliphatic heterocycles. The zero-order valence-corrected chi connectivity index (χ0v) is 19.8. The van der Waals surface area contributed by atoms with Gasteiger partial charge in [0.05, 0.1) is 19.2 Å². The van der Waals surface area contributed by atoms with Crippen LogP contribution in [0.4, 0.5) is 18.9 Å². The van der Waals surface area contributed by atoms with Gasteiger partial charge in [0.1, 0.15) is 17.3 Å². The summed E-state index contributed by atoms with van der Waals surface area (Å²) in [5.41, 5.74) is 2.35. The van der Waals surface area contributed by atoms with Gasteiger partial charge in [-0.05, 0) is 66.6 Å². The number of hydrogen-bond acceptors (Lipinski definition) is 6. The van der Waals surface area contributed by atoms with E-state index < -0.39 is 24.3 Å². The van der Waals surface area contributed by atoms with Crippen molar-refractivity contribution < 1.29 is 37.0 Å². The first kappa shape index (κ1) is 25.5. The number of aromatic nitrogens is 2. The van der Waals surface area contributed by atoms with Crippen molar-refractivity contribution in [1.29, 1.82) is 0 Å². The van der Waals surface area contributed by atoms with Crippen LogP contribution in [0.2, 0.25) is 0 Å². The molecule has 0 aliphatic carbocycles. The number of carbonyl (C=O) groups excluding carboxylic acids is 2. The van der Waals surface area contributed by atoms with Crippen LogP contribution in [-0.2, 0) is 16.1 Å². The van der Waals surface area contributed by atoms with Gasteiger partial charge in [-0.25, -0.2) is 9.18 Å². The van der Waals surface area contributed by atoms with E-state index in [1.807, 2.05) is 0 Å². The first-order valence-corrected chi connectivity index (χ1v) is 11.0. The van der Waals surface area contributed by atoms with Crippen molar-refractivity contribution in [3.8, 4) is 11.5 Å². The summed E-state index contributed by atoms with van der Waals surface area (Å²) < 4.78 is 54.7. The molecule has 4 rings (SSSR count). The zero-order chi connectivity index (χ0) is 26.5. The molecule has 11 heteroatoms. The summed E-state index contributed by atoms with van der Waals surface area (Å²) in [5.74, 6) is -1.15. The number of aryl methyl sites for hydroxylation is 1. The van der Waals surface area contributed by atoms with Gasteiger partial charge in [0.15, 0.2) is 12.3 Å². The third kappa shape index (κ3) is 6.18. The lowest BCUT2D eigenvalue weighted by atomic mass is 10.1. The van der Waals surface area contributed by atoms with Gasteiger partial charge in [-0.15, -0.1) is 0 Å². The SMILES string of the molecule is COC(=O)COc1ccc(NC(=O)c2nn(Cc3ccc(OC(F)F)cc3)c3ccc(F)cc23)cc1C. The standard InChI is InChI=1S/C26H22F3N3O5/c1-15-11-18(6-10-22(15)36-14-23(33)35-2)30-25(34)24-20-12-17(27)5-9-21(20)32(31-24)13-16-3-7-19(8-4-16)37-26(28)29/h3-12,26H,13-14H2,1-2H3,(H,30,34). The quantitative estimate of drug-likeness (QED) is 0.319. The number of carbonyl (C=O) groups is 2. The highest BCUT2D eigenvalue weighted by molar-refractivity contribution is 6.11. The summed E-state index contributed by atoms with van der Waals surface area (Å²) in [6.07, 6.45) is 0. The van der Waals surface area contributed by atoms with Gasteiger partial charge in [0, 0.05) is 11.1 Å². The number of nitrogens with zero attached hydrogens (tertiary/aromatic N) is 2. The van der Waals surface area contributed by atoms with Crippen LogP contribution >= 0.6 is 0 Å². The largest absolute Gasteiger partial charge is 0.482 e. The van der Waals surface area contributed by atoms with Crippen LogP contribution < -0.4 is 14.8 Å². The van der Waals surface area contributed by atoms with Crippen molar-refractivity contribution in [2.24, 2.45) is 0 Å². The number of amides is 1. The summed E-state index contributed by atoms with van der Waals surface area (Å²) in [6, 6.07) is 14.9. The van der Waals surface area contributed by atoms with Crippen LogP contribution in [0.5, 0.6) is 11.5 Å². The molecule has 1 heterocycles. The van der Waals surface area contributed by atoms with Crippen LogP contribution in [0.3, 0.4) is 0 Å². The minimum atomic E-state index is -2.93. The number of hydrogen-bond donors (Lipinski definition) is 1. The molecule has 1 amide bonds. The Morgan fingerprint density at radius 2 is 1.81 bits per heavy atom. The molecule has 192 valence electrons. The van der Waals surface area contributed by atoms with Crippen LogP contribution in [0, 0.1) is 12.7 Å². The minimum Gasteiger partial charge on any atom is -0.482 e. The molecular weight excluding hydrogens is 491 g/mol. The van der Waals surface area contributed by atoms with Gasteiger partial charge in [-0.2, -0.15) is 13.9 Å².